The number of hydrogen-bond acceptors (Lipinski definition) is 5. The number of amides is 1. The van der Waals surface area contributed by atoms with E-state index in [4.69, 9.17) is 14.2 Å². The normalized spacial score (nSPS) is 20.7. The van der Waals surface area contributed by atoms with Crippen molar-refractivity contribution in [2.24, 2.45) is 11.8 Å². The van der Waals surface area contributed by atoms with E-state index >= 15 is 0 Å². The Kier molecular flexibility index (Phi) is 9.06. The van der Waals surface area contributed by atoms with Crippen LogP contribution in [0.5, 0.6) is 11.5 Å². The summed E-state index contributed by atoms with van der Waals surface area (Å²) >= 11 is 0. The summed E-state index contributed by atoms with van der Waals surface area (Å²) in [4.78, 5) is 11.7. The van der Waals surface area contributed by atoms with Crippen molar-refractivity contribution in [3.8, 4) is 11.5 Å². The number of rotatable bonds is 11. The fourth-order valence-electron chi connectivity index (χ4n) is 3.64. The highest BCUT2D eigenvalue weighted by Crippen LogP contribution is 2.31. The van der Waals surface area contributed by atoms with Gasteiger partial charge in [0.2, 0.25) is 5.91 Å². The van der Waals surface area contributed by atoms with E-state index in [-0.39, 0.29) is 11.9 Å². The van der Waals surface area contributed by atoms with E-state index in [0.717, 1.165) is 36.3 Å². The van der Waals surface area contributed by atoms with E-state index in [1.165, 1.54) is 0 Å². The van der Waals surface area contributed by atoms with Gasteiger partial charge in [0.1, 0.15) is 0 Å². The molecule has 6 heteroatoms. The molecule has 1 saturated heterocycles. The van der Waals surface area contributed by atoms with Crippen molar-refractivity contribution in [1.82, 2.24) is 5.32 Å². The Morgan fingerprint density at radius 1 is 1.21 bits per heavy atom. The number of aliphatic hydroxyl groups is 1. The minimum atomic E-state index is -0.463. The molecule has 158 valence electrons. The molecule has 1 fully saturated rings. The third kappa shape index (κ3) is 6.67. The SMILES string of the molecule is COCCCOc1cc(CC(C[C@@H]2NC(=O)CC[C@@H]2O)C(C)C)ccc1OC. The molecule has 1 aliphatic rings. The largest absolute Gasteiger partial charge is 0.493 e. The molecule has 28 heavy (non-hydrogen) atoms. The molecule has 0 saturated carbocycles. The Bertz CT molecular complexity index is 619. The van der Waals surface area contributed by atoms with E-state index in [9.17, 15) is 9.90 Å². The predicted octanol–water partition coefficient (Wildman–Crippen LogP) is 2.95. The van der Waals surface area contributed by atoms with Crippen molar-refractivity contribution in [2.75, 3.05) is 27.4 Å². The highest BCUT2D eigenvalue weighted by molar-refractivity contribution is 5.77. The number of methoxy groups -OCH3 is 2. The van der Waals surface area contributed by atoms with Crippen molar-refractivity contribution in [3.05, 3.63) is 23.8 Å². The number of ether oxygens (including phenoxy) is 3. The second-order valence-electron chi connectivity index (χ2n) is 7.90. The van der Waals surface area contributed by atoms with Gasteiger partial charge in [-0.15, -0.1) is 0 Å². The summed E-state index contributed by atoms with van der Waals surface area (Å²) in [7, 11) is 3.32. The number of piperidine rings is 1. The van der Waals surface area contributed by atoms with E-state index in [1.807, 2.05) is 12.1 Å². The number of nitrogens with one attached hydrogen (secondary N) is 1. The summed E-state index contributed by atoms with van der Waals surface area (Å²) in [6.07, 6.45) is 2.93. The first-order valence-corrected chi connectivity index (χ1v) is 10.2. The van der Waals surface area contributed by atoms with Crippen LogP contribution in [0.15, 0.2) is 18.2 Å². The minimum absolute atomic E-state index is 0.0361. The van der Waals surface area contributed by atoms with Gasteiger partial charge >= 0.3 is 0 Å². The molecule has 1 aromatic rings. The van der Waals surface area contributed by atoms with Crippen molar-refractivity contribution in [3.63, 3.8) is 0 Å². The molecule has 0 aliphatic carbocycles. The van der Waals surface area contributed by atoms with Crippen LogP contribution in [0.2, 0.25) is 0 Å². The van der Waals surface area contributed by atoms with Gasteiger partial charge in [0, 0.05) is 26.6 Å². The Balaban J connectivity index is 2.05. The van der Waals surface area contributed by atoms with Crippen LogP contribution in [0, 0.1) is 11.8 Å². The fourth-order valence-corrected chi connectivity index (χ4v) is 3.64. The van der Waals surface area contributed by atoms with Crippen molar-refractivity contribution in [1.29, 1.82) is 0 Å². The topological polar surface area (TPSA) is 77.0 Å². The lowest BCUT2D eigenvalue weighted by Gasteiger charge is -2.33. The first-order chi connectivity index (χ1) is 13.4. The monoisotopic (exact) mass is 393 g/mol. The molecule has 0 bridgehead atoms. The maximum atomic E-state index is 11.7. The molecule has 1 unspecified atom stereocenters. The minimum Gasteiger partial charge on any atom is -0.493 e. The van der Waals surface area contributed by atoms with Crippen LogP contribution in [-0.4, -0.2) is 50.6 Å². The third-order valence-electron chi connectivity index (χ3n) is 5.45. The highest BCUT2D eigenvalue weighted by Gasteiger charge is 2.30. The smallest absolute Gasteiger partial charge is 0.220 e. The van der Waals surface area contributed by atoms with Crippen LogP contribution in [-0.2, 0) is 16.0 Å². The van der Waals surface area contributed by atoms with E-state index in [2.05, 4.69) is 25.2 Å². The quantitative estimate of drug-likeness (QED) is 0.565. The summed E-state index contributed by atoms with van der Waals surface area (Å²) in [5, 5.41) is 13.2. The lowest BCUT2D eigenvalue weighted by atomic mass is 9.81. The van der Waals surface area contributed by atoms with Crippen LogP contribution >= 0.6 is 0 Å². The van der Waals surface area contributed by atoms with Gasteiger partial charge in [-0.25, -0.2) is 0 Å². The molecule has 0 radical (unpaired) electrons. The van der Waals surface area contributed by atoms with Gasteiger partial charge in [-0.05, 0) is 48.8 Å². The molecule has 0 aromatic heterocycles. The Hall–Kier alpha value is -1.79. The molecule has 1 aliphatic heterocycles. The van der Waals surface area contributed by atoms with Crippen LogP contribution in [0.4, 0.5) is 0 Å². The van der Waals surface area contributed by atoms with Gasteiger partial charge in [-0.2, -0.15) is 0 Å². The van der Waals surface area contributed by atoms with Crippen LogP contribution in [0.3, 0.4) is 0 Å². The number of carbonyl (C=O) groups excluding carboxylic acids is 1. The zero-order valence-electron chi connectivity index (χ0n) is 17.6. The van der Waals surface area contributed by atoms with Crippen molar-refractivity contribution >= 4 is 5.91 Å². The molecule has 1 heterocycles. The predicted molar refractivity (Wildman–Crippen MR) is 109 cm³/mol. The van der Waals surface area contributed by atoms with Crippen LogP contribution in [0.1, 0.15) is 45.1 Å². The van der Waals surface area contributed by atoms with E-state index < -0.39 is 6.10 Å². The van der Waals surface area contributed by atoms with Gasteiger partial charge in [-0.1, -0.05) is 19.9 Å². The molecule has 3 atom stereocenters. The lowest BCUT2D eigenvalue weighted by molar-refractivity contribution is -0.126. The third-order valence-corrected chi connectivity index (χ3v) is 5.45. The average Bonchev–Trinajstić information content (AvgIpc) is 2.67. The summed E-state index contributed by atoms with van der Waals surface area (Å²) in [5.41, 5.74) is 1.16. The van der Waals surface area contributed by atoms with Gasteiger partial charge in [0.15, 0.2) is 11.5 Å². The van der Waals surface area contributed by atoms with Gasteiger partial charge in [-0.3, -0.25) is 4.79 Å². The maximum absolute atomic E-state index is 11.7. The zero-order valence-corrected chi connectivity index (χ0v) is 17.6. The molecule has 2 N–H and O–H groups in total. The second-order valence-corrected chi connectivity index (χ2v) is 7.90. The van der Waals surface area contributed by atoms with Crippen molar-refractivity contribution < 1.29 is 24.1 Å². The number of hydrogen-bond donors (Lipinski definition) is 2. The molecular weight excluding hydrogens is 358 g/mol. The van der Waals surface area contributed by atoms with Crippen LogP contribution < -0.4 is 14.8 Å². The van der Waals surface area contributed by atoms with Gasteiger partial charge in [0.25, 0.3) is 0 Å². The Labute approximate surface area is 168 Å². The van der Waals surface area contributed by atoms with Crippen molar-refractivity contribution in [2.45, 2.75) is 58.1 Å². The Morgan fingerprint density at radius 2 is 2.00 bits per heavy atom. The first-order valence-electron chi connectivity index (χ1n) is 10.2. The average molecular weight is 394 g/mol. The molecule has 6 nitrogen and oxygen atoms in total. The standard InChI is InChI=1S/C22H35NO5/c1-15(2)17(14-18-19(24)7-9-22(25)23-18)12-16-6-8-20(27-4)21(13-16)28-11-5-10-26-3/h6,8,13,15,17-19,24H,5,7,9-12,14H2,1-4H3,(H,23,25)/t17?,18-,19-/m0/s1. The summed E-state index contributed by atoms with van der Waals surface area (Å²) in [5.74, 6) is 2.27. The summed E-state index contributed by atoms with van der Waals surface area (Å²) in [6.45, 7) is 5.61. The first kappa shape index (κ1) is 22.5. The highest BCUT2D eigenvalue weighted by atomic mass is 16.5. The molecule has 0 spiro atoms. The number of carbonyl (C=O) groups is 1. The molecule has 1 aromatic carbocycles. The molecule has 1 amide bonds. The lowest BCUT2D eigenvalue weighted by Crippen LogP contribution is -2.49. The second kappa shape index (κ2) is 11.3. The number of aliphatic hydroxyl groups excluding tert-OH is 1. The van der Waals surface area contributed by atoms with Gasteiger partial charge < -0.3 is 24.6 Å². The Morgan fingerprint density at radius 3 is 2.68 bits per heavy atom. The summed E-state index contributed by atoms with van der Waals surface area (Å²) in [6, 6.07) is 5.87. The van der Waals surface area contributed by atoms with Gasteiger partial charge in [0.05, 0.1) is 25.9 Å². The summed E-state index contributed by atoms with van der Waals surface area (Å²) < 4.78 is 16.4. The van der Waals surface area contributed by atoms with E-state index in [0.29, 0.717) is 37.9 Å². The van der Waals surface area contributed by atoms with E-state index in [1.54, 1.807) is 14.2 Å². The molecular formula is C22H35NO5. The zero-order chi connectivity index (χ0) is 20.5. The number of benzene rings is 1. The fraction of sp³-hybridized carbons (Fsp3) is 0.682. The molecule has 2 rings (SSSR count). The van der Waals surface area contributed by atoms with Crippen LogP contribution in [0.25, 0.3) is 0 Å². The maximum Gasteiger partial charge on any atom is 0.220 e.